The molecule has 5 rings (SSSR count). The number of ether oxygens (including phenoxy) is 1. The molecule has 1 amide bonds. The molecule has 0 spiro atoms. The van der Waals surface area contributed by atoms with Gasteiger partial charge in [0.05, 0.1) is 13.2 Å². The minimum absolute atomic E-state index is 0.0483. The van der Waals surface area contributed by atoms with Crippen LogP contribution in [0.25, 0.3) is 0 Å². The van der Waals surface area contributed by atoms with E-state index < -0.39 is 0 Å². The highest BCUT2D eigenvalue weighted by Crippen LogP contribution is 2.50. The van der Waals surface area contributed by atoms with Gasteiger partial charge in [-0.05, 0) is 65.8 Å². The van der Waals surface area contributed by atoms with Gasteiger partial charge < -0.3 is 15.4 Å². The number of rotatable bonds is 6. The van der Waals surface area contributed by atoms with Gasteiger partial charge >= 0.3 is 0 Å². The minimum Gasteiger partial charge on any atom is -0.497 e. The molecule has 0 bridgehead atoms. The fourth-order valence-corrected chi connectivity index (χ4v) is 4.94. The van der Waals surface area contributed by atoms with E-state index in [-0.39, 0.29) is 11.9 Å². The second-order valence-electron chi connectivity index (χ2n) is 8.58. The number of nitrogens with one attached hydrogen (secondary N) is 2. The Kier molecular flexibility index (Phi) is 5.68. The Morgan fingerprint density at radius 2 is 1.88 bits per heavy atom. The van der Waals surface area contributed by atoms with E-state index in [0.29, 0.717) is 18.3 Å². The van der Waals surface area contributed by atoms with E-state index >= 15 is 0 Å². The number of anilines is 2. The van der Waals surface area contributed by atoms with Crippen molar-refractivity contribution in [2.24, 2.45) is 5.92 Å². The summed E-state index contributed by atoms with van der Waals surface area (Å²) in [6.07, 6.45) is 6.87. The van der Waals surface area contributed by atoms with E-state index in [1.807, 2.05) is 36.4 Å². The van der Waals surface area contributed by atoms with Crippen LogP contribution in [-0.2, 0) is 11.2 Å². The second-order valence-corrected chi connectivity index (χ2v) is 8.58. The van der Waals surface area contributed by atoms with E-state index in [0.717, 1.165) is 30.0 Å². The molecule has 1 heterocycles. The van der Waals surface area contributed by atoms with Crippen LogP contribution >= 0.6 is 0 Å². The number of carbonyl (C=O) groups is 1. The van der Waals surface area contributed by atoms with Gasteiger partial charge in [0.25, 0.3) is 0 Å². The number of hydrogen-bond donors (Lipinski definition) is 2. The molecule has 32 heavy (non-hydrogen) atoms. The molecule has 3 aromatic carbocycles. The van der Waals surface area contributed by atoms with Crippen molar-refractivity contribution in [2.75, 3.05) is 17.7 Å². The second kappa shape index (κ2) is 8.91. The number of hydrogen-bond acceptors (Lipinski definition) is 3. The fraction of sp³-hybridized carbons (Fsp3) is 0.250. The SMILES string of the molecule is COc1ccc(C2Nc3ccc(NC(=O)CCc4ccccc4)cc3C3C=CCC32)cc1. The number of allylic oxidation sites excluding steroid dienone is 2. The van der Waals surface area contributed by atoms with Crippen molar-refractivity contribution in [3.05, 3.63) is 102 Å². The molecule has 162 valence electrons. The summed E-state index contributed by atoms with van der Waals surface area (Å²) >= 11 is 0. The van der Waals surface area contributed by atoms with Crippen molar-refractivity contribution < 1.29 is 9.53 Å². The van der Waals surface area contributed by atoms with Gasteiger partial charge in [-0.3, -0.25) is 4.79 Å². The van der Waals surface area contributed by atoms with Crippen molar-refractivity contribution in [3.63, 3.8) is 0 Å². The monoisotopic (exact) mass is 424 g/mol. The molecular formula is C28H28N2O2. The largest absolute Gasteiger partial charge is 0.497 e. The molecule has 1 aliphatic carbocycles. The standard InChI is InChI=1S/C28H28N2O2/c1-32-22-14-11-20(12-15-22)28-24-9-5-8-23(24)25-18-21(13-16-26(25)30-28)29-27(31)17-10-19-6-3-2-4-7-19/h2-8,11-16,18,23-24,28,30H,9-10,17H2,1H3,(H,29,31). The Morgan fingerprint density at radius 3 is 2.66 bits per heavy atom. The van der Waals surface area contributed by atoms with Crippen LogP contribution in [-0.4, -0.2) is 13.0 Å². The lowest BCUT2D eigenvalue weighted by Crippen LogP contribution is -2.29. The number of benzene rings is 3. The van der Waals surface area contributed by atoms with Gasteiger partial charge in [0, 0.05) is 23.7 Å². The Hall–Kier alpha value is -3.53. The Bertz CT molecular complexity index is 1120. The number of aryl methyl sites for hydroxylation is 1. The van der Waals surface area contributed by atoms with Crippen molar-refractivity contribution >= 4 is 17.3 Å². The van der Waals surface area contributed by atoms with Gasteiger partial charge in [-0.2, -0.15) is 0 Å². The summed E-state index contributed by atoms with van der Waals surface area (Å²) in [4.78, 5) is 12.5. The van der Waals surface area contributed by atoms with Gasteiger partial charge in [-0.15, -0.1) is 0 Å². The lowest BCUT2D eigenvalue weighted by molar-refractivity contribution is -0.116. The van der Waals surface area contributed by atoms with Crippen molar-refractivity contribution in [1.82, 2.24) is 0 Å². The summed E-state index contributed by atoms with van der Waals surface area (Å²) < 4.78 is 5.32. The van der Waals surface area contributed by atoms with Gasteiger partial charge in [-0.25, -0.2) is 0 Å². The van der Waals surface area contributed by atoms with Crippen LogP contribution < -0.4 is 15.4 Å². The van der Waals surface area contributed by atoms with E-state index in [1.165, 1.54) is 16.7 Å². The maximum atomic E-state index is 12.5. The van der Waals surface area contributed by atoms with Crippen LogP contribution in [0.2, 0.25) is 0 Å². The lowest BCUT2D eigenvalue weighted by Gasteiger charge is -2.37. The van der Waals surface area contributed by atoms with E-state index in [1.54, 1.807) is 7.11 Å². The van der Waals surface area contributed by atoms with Crippen LogP contribution in [0, 0.1) is 5.92 Å². The summed E-state index contributed by atoms with van der Waals surface area (Å²) in [5.74, 6) is 1.73. The molecule has 0 radical (unpaired) electrons. The van der Waals surface area contributed by atoms with E-state index in [4.69, 9.17) is 4.74 Å². The molecule has 3 unspecified atom stereocenters. The number of methoxy groups -OCH3 is 1. The molecule has 0 saturated carbocycles. The van der Waals surface area contributed by atoms with Gasteiger partial charge in [0.2, 0.25) is 5.91 Å². The van der Waals surface area contributed by atoms with Gasteiger partial charge in [0.1, 0.15) is 5.75 Å². The first kappa shape index (κ1) is 20.4. The van der Waals surface area contributed by atoms with Crippen molar-refractivity contribution in [1.29, 1.82) is 0 Å². The molecule has 2 aliphatic rings. The first-order chi connectivity index (χ1) is 15.7. The Morgan fingerprint density at radius 1 is 1.06 bits per heavy atom. The van der Waals surface area contributed by atoms with Crippen molar-refractivity contribution in [3.8, 4) is 5.75 Å². The highest BCUT2D eigenvalue weighted by atomic mass is 16.5. The minimum atomic E-state index is 0.0483. The quantitative estimate of drug-likeness (QED) is 0.471. The Balaban J connectivity index is 1.32. The highest BCUT2D eigenvalue weighted by Gasteiger charge is 2.37. The molecule has 0 fully saturated rings. The van der Waals surface area contributed by atoms with Crippen molar-refractivity contribution in [2.45, 2.75) is 31.2 Å². The lowest BCUT2D eigenvalue weighted by atomic mass is 9.77. The first-order valence-corrected chi connectivity index (χ1v) is 11.3. The fourth-order valence-electron chi connectivity index (χ4n) is 4.94. The molecule has 4 heteroatoms. The predicted molar refractivity (Wildman–Crippen MR) is 129 cm³/mol. The third-order valence-electron chi connectivity index (χ3n) is 6.61. The van der Waals surface area contributed by atoms with Crippen LogP contribution in [0.5, 0.6) is 5.75 Å². The molecule has 2 N–H and O–H groups in total. The smallest absolute Gasteiger partial charge is 0.224 e. The van der Waals surface area contributed by atoms with E-state index in [9.17, 15) is 4.79 Å². The molecule has 4 nitrogen and oxygen atoms in total. The zero-order chi connectivity index (χ0) is 21.9. The predicted octanol–water partition coefficient (Wildman–Crippen LogP) is 6.09. The molecule has 0 aromatic heterocycles. The topological polar surface area (TPSA) is 50.4 Å². The van der Waals surface area contributed by atoms with Crippen LogP contribution in [0.1, 0.15) is 41.5 Å². The van der Waals surface area contributed by atoms with Crippen LogP contribution in [0.3, 0.4) is 0 Å². The third kappa shape index (κ3) is 4.13. The zero-order valence-electron chi connectivity index (χ0n) is 18.3. The average Bonchev–Trinajstić information content (AvgIpc) is 3.33. The molecular weight excluding hydrogens is 396 g/mol. The summed E-state index contributed by atoms with van der Waals surface area (Å²) in [5, 5.41) is 6.85. The third-order valence-corrected chi connectivity index (χ3v) is 6.61. The maximum Gasteiger partial charge on any atom is 0.224 e. The zero-order valence-corrected chi connectivity index (χ0v) is 18.3. The number of carbonyl (C=O) groups excluding carboxylic acids is 1. The molecule has 3 atom stereocenters. The molecule has 1 aliphatic heterocycles. The molecule has 0 saturated heterocycles. The summed E-state index contributed by atoms with van der Waals surface area (Å²) in [6, 6.07) is 25.0. The number of amides is 1. The summed E-state index contributed by atoms with van der Waals surface area (Å²) in [7, 11) is 1.69. The summed E-state index contributed by atoms with van der Waals surface area (Å²) in [6.45, 7) is 0. The van der Waals surface area contributed by atoms with Crippen LogP contribution in [0.4, 0.5) is 11.4 Å². The van der Waals surface area contributed by atoms with Crippen LogP contribution in [0.15, 0.2) is 84.9 Å². The molecule has 3 aromatic rings. The Labute approximate surface area is 189 Å². The first-order valence-electron chi connectivity index (χ1n) is 11.3. The normalized spacial score (nSPS) is 20.7. The van der Waals surface area contributed by atoms with Gasteiger partial charge in [-0.1, -0.05) is 54.6 Å². The maximum absolute atomic E-state index is 12.5. The number of fused-ring (bicyclic) bond motifs is 3. The van der Waals surface area contributed by atoms with E-state index in [2.05, 4.69) is 59.2 Å². The average molecular weight is 425 g/mol. The van der Waals surface area contributed by atoms with Gasteiger partial charge in [0.15, 0.2) is 0 Å². The highest BCUT2D eigenvalue weighted by molar-refractivity contribution is 5.91. The summed E-state index contributed by atoms with van der Waals surface area (Å²) in [5.41, 5.74) is 5.72.